The van der Waals surface area contributed by atoms with Gasteiger partial charge >= 0.3 is 0 Å². The summed E-state index contributed by atoms with van der Waals surface area (Å²) in [6.45, 7) is 6.23. The van der Waals surface area contributed by atoms with E-state index in [1.165, 1.54) is 0 Å². The minimum Gasteiger partial charge on any atom is -0.497 e. The normalized spacial score (nSPS) is 23.7. The summed E-state index contributed by atoms with van der Waals surface area (Å²) in [4.78, 5) is 40.0. The van der Waals surface area contributed by atoms with Gasteiger partial charge in [0.05, 0.1) is 24.6 Å². The van der Waals surface area contributed by atoms with Crippen LogP contribution in [0.2, 0.25) is 18.6 Å². The summed E-state index contributed by atoms with van der Waals surface area (Å²) in [5, 5.41) is 20.4. The van der Waals surface area contributed by atoms with Crippen molar-refractivity contribution in [2.75, 3.05) is 31.0 Å². The number of anilines is 2. The number of hydrogen-bond acceptors (Lipinski definition) is 8. The number of aliphatic hydroxyl groups excluding tert-OH is 1. The summed E-state index contributed by atoms with van der Waals surface area (Å²) in [5.74, 6) is -0.129. The maximum absolute atomic E-state index is 14.0. The van der Waals surface area contributed by atoms with Gasteiger partial charge in [-0.3, -0.25) is 14.3 Å². The van der Waals surface area contributed by atoms with Crippen molar-refractivity contribution in [2.45, 2.75) is 56.7 Å². The average molecular weight is 580 g/mol. The van der Waals surface area contributed by atoms with Gasteiger partial charge in [0.2, 0.25) is 0 Å². The van der Waals surface area contributed by atoms with Gasteiger partial charge in [-0.25, -0.2) is 0 Å². The number of aryl methyl sites for hydroxylation is 1. The van der Waals surface area contributed by atoms with Crippen LogP contribution in [0.3, 0.4) is 0 Å². The fraction of sp³-hybridized carbons (Fsp3) is 0.448. The van der Waals surface area contributed by atoms with E-state index in [9.17, 15) is 19.5 Å². The van der Waals surface area contributed by atoms with Crippen molar-refractivity contribution in [3.8, 4) is 5.75 Å². The molecule has 0 aliphatic carbocycles. The zero-order chi connectivity index (χ0) is 29.5. The largest absolute Gasteiger partial charge is 0.497 e. The standard InChI is InChI=1S/C29H37N5O6Si/c1-18-26(41(4,5)38)25(12-14-34-17-21(13-15-35)31-32-34)40-29(18)23-16-20(8-11-24(23)33(2)28(29)37)30-27(36)19-6-9-22(39-3)10-7-19/h6-11,16-18,25-26,35,38H,12-15H2,1-5H3,(H,30,36)/t18-,25+,26-,29+/m1/s1. The van der Waals surface area contributed by atoms with Crippen molar-refractivity contribution in [3.63, 3.8) is 0 Å². The van der Waals surface area contributed by atoms with E-state index in [1.54, 1.807) is 60.3 Å². The Bertz CT molecular complexity index is 1440. The van der Waals surface area contributed by atoms with Crippen LogP contribution in [0.15, 0.2) is 48.7 Å². The van der Waals surface area contributed by atoms with Crippen molar-refractivity contribution < 1.29 is 29.0 Å². The molecule has 218 valence electrons. The second kappa shape index (κ2) is 11.0. The van der Waals surface area contributed by atoms with Gasteiger partial charge in [0.1, 0.15) is 5.75 Å². The number of nitrogens with one attached hydrogen (secondary N) is 1. The predicted molar refractivity (Wildman–Crippen MR) is 155 cm³/mol. The van der Waals surface area contributed by atoms with Crippen LogP contribution < -0.4 is 15.0 Å². The van der Waals surface area contributed by atoms with Gasteiger partial charge in [-0.2, -0.15) is 0 Å². The third-order valence-electron chi connectivity index (χ3n) is 8.32. The fourth-order valence-electron chi connectivity index (χ4n) is 6.41. The number of fused-ring (bicyclic) bond motifs is 2. The molecule has 41 heavy (non-hydrogen) atoms. The molecule has 2 aromatic carbocycles. The van der Waals surface area contributed by atoms with E-state index in [4.69, 9.17) is 9.47 Å². The van der Waals surface area contributed by atoms with E-state index in [1.807, 2.05) is 32.2 Å². The molecule has 5 rings (SSSR count). The molecule has 3 heterocycles. The first-order valence-corrected chi connectivity index (χ1v) is 16.8. The van der Waals surface area contributed by atoms with Gasteiger partial charge in [0.25, 0.3) is 11.8 Å². The van der Waals surface area contributed by atoms with Crippen LogP contribution in [0.5, 0.6) is 5.75 Å². The third-order valence-corrected chi connectivity index (χ3v) is 10.8. The molecule has 2 amide bonds. The van der Waals surface area contributed by atoms with Crippen molar-refractivity contribution in [1.82, 2.24) is 15.0 Å². The second-order valence-corrected chi connectivity index (χ2v) is 15.3. The smallest absolute Gasteiger partial charge is 0.264 e. The fourth-order valence-corrected chi connectivity index (χ4v) is 9.02. The second-order valence-electron chi connectivity index (χ2n) is 11.4. The van der Waals surface area contributed by atoms with E-state index in [2.05, 4.69) is 15.6 Å². The van der Waals surface area contributed by atoms with Gasteiger partial charge in [0.15, 0.2) is 13.9 Å². The summed E-state index contributed by atoms with van der Waals surface area (Å²) in [6.07, 6.45) is 2.34. The van der Waals surface area contributed by atoms with Crippen LogP contribution in [0.1, 0.15) is 35.0 Å². The molecule has 12 heteroatoms. The number of benzene rings is 2. The molecule has 0 bridgehead atoms. The predicted octanol–water partition coefficient (Wildman–Crippen LogP) is 2.94. The summed E-state index contributed by atoms with van der Waals surface area (Å²) >= 11 is 0. The Hall–Kier alpha value is -3.58. The monoisotopic (exact) mass is 579 g/mol. The van der Waals surface area contributed by atoms with E-state index >= 15 is 0 Å². The van der Waals surface area contributed by atoms with E-state index in [0.29, 0.717) is 53.3 Å². The van der Waals surface area contributed by atoms with Crippen molar-refractivity contribution >= 4 is 31.5 Å². The molecular weight excluding hydrogens is 542 g/mol. The summed E-state index contributed by atoms with van der Waals surface area (Å²) in [5.41, 5.74) is 1.59. The van der Waals surface area contributed by atoms with Gasteiger partial charge in [0, 0.05) is 61.1 Å². The summed E-state index contributed by atoms with van der Waals surface area (Å²) in [6, 6.07) is 12.2. The Labute approximate surface area is 240 Å². The number of aliphatic hydroxyl groups is 1. The molecule has 3 N–H and O–H groups in total. The first-order chi connectivity index (χ1) is 19.5. The van der Waals surface area contributed by atoms with Crippen LogP contribution in [-0.4, -0.2) is 71.9 Å². The quantitative estimate of drug-likeness (QED) is 0.329. The minimum atomic E-state index is -2.81. The Morgan fingerprint density at radius 3 is 2.61 bits per heavy atom. The Kier molecular flexibility index (Phi) is 7.77. The maximum Gasteiger partial charge on any atom is 0.264 e. The summed E-state index contributed by atoms with van der Waals surface area (Å²) in [7, 11) is 0.486. The molecular formula is C29H37N5O6Si. The number of nitrogens with zero attached hydrogens (tertiary/aromatic N) is 4. The highest BCUT2D eigenvalue weighted by Crippen LogP contribution is 2.59. The Balaban J connectivity index is 1.45. The maximum atomic E-state index is 14.0. The first-order valence-electron chi connectivity index (χ1n) is 13.8. The molecule has 1 spiro atoms. The molecule has 2 aliphatic heterocycles. The molecule has 0 radical (unpaired) electrons. The third kappa shape index (κ3) is 5.16. The lowest BCUT2D eigenvalue weighted by atomic mass is 9.82. The minimum absolute atomic E-state index is 0.00554. The van der Waals surface area contributed by atoms with E-state index in [-0.39, 0.29) is 29.9 Å². The van der Waals surface area contributed by atoms with Crippen LogP contribution in [-0.2, 0) is 28.1 Å². The van der Waals surface area contributed by atoms with Crippen LogP contribution in [0.4, 0.5) is 11.4 Å². The zero-order valence-corrected chi connectivity index (χ0v) is 25.0. The highest BCUT2D eigenvalue weighted by molar-refractivity contribution is 6.71. The molecule has 0 unspecified atom stereocenters. The first kappa shape index (κ1) is 28.9. The van der Waals surface area contributed by atoms with Gasteiger partial charge in [-0.15, -0.1) is 5.10 Å². The summed E-state index contributed by atoms with van der Waals surface area (Å²) < 4.78 is 13.7. The molecule has 0 saturated carbocycles. The van der Waals surface area contributed by atoms with E-state index in [0.717, 1.165) is 0 Å². The van der Waals surface area contributed by atoms with Gasteiger partial charge in [-0.1, -0.05) is 12.1 Å². The molecule has 1 aromatic heterocycles. The Morgan fingerprint density at radius 1 is 1.22 bits per heavy atom. The lowest BCUT2D eigenvalue weighted by Crippen LogP contribution is -2.45. The number of ether oxygens (including phenoxy) is 2. The number of carbonyl (C=O) groups excluding carboxylic acids is 2. The SMILES string of the molecule is COc1ccc(C(=O)Nc2ccc3c(c2)[C@]2(O[C@@H](CCn4cc(CCO)nn4)[C@H]([Si](C)(C)O)[C@H]2C)C(=O)N3C)cc1. The molecule has 1 fully saturated rings. The average Bonchev–Trinajstić information content (AvgIpc) is 3.58. The highest BCUT2D eigenvalue weighted by atomic mass is 28.4. The molecule has 3 aromatic rings. The molecule has 2 aliphatic rings. The van der Waals surface area contributed by atoms with Gasteiger partial charge in [-0.05, 0) is 62.0 Å². The Morgan fingerprint density at radius 2 is 1.95 bits per heavy atom. The number of carbonyl (C=O) groups is 2. The van der Waals surface area contributed by atoms with Crippen LogP contribution >= 0.6 is 0 Å². The highest BCUT2D eigenvalue weighted by Gasteiger charge is 2.65. The zero-order valence-electron chi connectivity index (χ0n) is 24.0. The number of likely N-dealkylation sites (N-methyl/N-ethyl adjacent to an activating group) is 1. The number of rotatable bonds is 9. The lowest BCUT2D eigenvalue weighted by Gasteiger charge is -2.32. The van der Waals surface area contributed by atoms with Gasteiger partial charge < -0.3 is 29.6 Å². The number of amides is 2. The number of aromatic nitrogens is 3. The number of hydrogen-bond donors (Lipinski definition) is 3. The topological polar surface area (TPSA) is 139 Å². The van der Waals surface area contributed by atoms with Crippen molar-refractivity contribution in [1.29, 1.82) is 0 Å². The number of methoxy groups -OCH3 is 1. The molecule has 11 nitrogen and oxygen atoms in total. The van der Waals surface area contributed by atoms with Crippen LogP contribution in [0.25, 0.3) is 0 Å². The lowest BCUT2D eigenvalue weighted by molar-refractivity contribution is -0.145. The molecule has 1 saturated heterocycles. The van der Waals surface area contributed by atoms with Crippen molar-refractivity contribution in [2.24, 2.45) is 5.92 Å². The van der Waals surface area contributed by atoms with Crippen LogP contribution in [0, 0.1) is 5.92 Å². The molecule has 4 atom stereocenters. The van der Waals surface area contributed by atoms with Crippen molar-refractivity contribution in [3.05, 3.63) is 65.5 Å². The van der Waals surface area contributed by atoms with E-state index < -0.39 is 20.0 Å².